The quantitative estimate of drug-likeness (QED) is 0.845. The van der Waals surface area contributed by atoms with Crippen molar-refractivity contribution >= 4 is 33.0 Å². The van der Waals surface area contributed by atoms with E-state index in [1.165, 1.54) is 14.9 Å². The van der Waals surface area contributed by atoms with Gasteiger partial charge in [-0.2, -0.15) is 0 Å². The summed E-state index contributed by atoms with van der Waals surface area (Å²) >= 11 is 5.28. The first-order valence-electron chi connectivity index (χ1n) is 5.44. The van der Waals surface area contributed by atoms with E-state index in [1.807, 2.05) is 13.0 Å². The molecule has 0 amide bonds. The first-order chi connectivity index (χ1) is 8.16. The van der Waals surface area contributed by atoms with E-state index < -0.39 is 0 Å². The summed E-state index contributed by atoms with van der Waals surface area (Å²) < 4.78 is 1.18. The Kier molecular flexibility index (Phi) is 4.20. The van der Waals surface area contributed by atoms with Gasteiger partial charge in [-0.05, 0) is 51.5 Å². The molecule has 0 spiro atoms. The van der Waals surface area contributed by atoms with Gasteiger partial charge in [0.1, 0.15) is 0 Å². The van der Waals surface area contributed by atoms with E-state index in [4.69, 9.17) is 5.73 Å². The van der Waals surface area contributed by atoms with Crippen LogP contribution in [0.4, 0.5) is 5.69 Å². The SMILES string of the molecule is Cc1ccc(CNCc2sccc2Br)cc1N. The van der Waals surface area contributed by atoms with Crippen LogP contribution in [0.2, 0.25) is 0 Å². The zero-order valence-electron chi connectivity index (χ0n) is 9.66. The zero-order chi connectivity index (χ0) is 12.3. The van der Waals surface area contributed by atoms with E-state index in [9.17, 15) is 0 Å². The number of hydrogen-bond acceptors (Lipinski definition) is 3. The normalized spacial score (nSPS) is 10.7. The summed E-state index contributed by atoms with van der Waals surface area (Å²) in [6.07, 6.45) is 0. The van der Waals surface area contributed by atoms with Crippen LogP contribution in [0.5, 0.6) is 0 Å². The van der Waals surface area contributed by atoms with E-state index in [0.29, 0.717) is 0 Å². The van der Waals surface area contributed by atoms with Crippen molar-refractivity contribution in [3.63, 3.8) is 0 Å². The van der Waals surface area contributed by atoms with E-state index in [1.54, 1.807) is 11.3 Å². The number of nitrogens with one attached hydrogen (secondary N) is 1. The summed E-state index contributed by atoms with van der Waals surface area (Å²) in [5, 5.41) is 5.50. The molecule has 1 heterocycles. The highest BCUT2D eigenvalue weighted by atomic mass is 79.9. The predicted octanol–water partition coefficient (Wildman–Crippen LogP) is 3.69. The second kappa shape index (κ2) is 5.67. The summed E-state index contributed by atoms with van der Waals surface area (Å²) in [7, 11) is 0. The van der Waals surface area contributed by atoms with Crippen LogP contribution in [0.15, 0.2) is 34.1 Å². The lowest BCUT2D eigenvalue weighted by molar-refractivity contribution is 0.699. The first-order valence-corrected chi connectivity index (χ1v) is 7.11. The Morgan fingerprint density at radius 2 is 2.12 bits per heavy atom. The number of benzene rings is 1. The van der Waals surface area contributed by atoms with Crippen LogP contribution in [0.3, 0.4) is 0 Å². The van der Waals surface area contributed by atoms with Gasteiger partial charge in [0, 0.05) is 28.1 Å². The first kappa shape index (κ1) is 12.6. The van der Waals surface area contributed by atoms with Crippen LogP contribution in [0, 0.1) is 6.92 Å². The second-order valence-electron chi connectivity index (χ2n) is 3.99. The van der Waals surface area contributed by atoms with Gasteiger partial charge in [-0.15, -0.1) is 11.3 Å². The third-order valence-electron chi connectivity index (χ3n) is 2.65. The van der Waals surface area contributed by atoms with E-state index in [2.05, 4.69) is 44.8 Å². The Morgan fingerprint density at radius 1 is 1.29 bits per heavy atom. The Hall–Kier alpha value is -0.840. The maximum Gasteiger partial charge on any atom is 0.0346 e. The van der Waals surface area contributed by atoms with Crippen molar-refractivity contribution in [2.24, 2.45) is 0 Å². The van der Waals surface area contributed by atoms with Crippen molar-refractivity contribution in [1.29, 1.82) is 0 Å². The fraction of sp³-hybridized carbons (Fsp3) is 0.231. The van der Waals surface area contributed by atoms with Crippen LogP contribution < -0.4 is 11.1 Å². The largest absolute Gasteiger partial charge is 0.399 e. The third kappa shape index (κ3) is 3.31. The molecule has 17 heavy (non-hydrogen) atoms. The highest BCUT2D eigenvalue weighted by molar-refractivity contribution is 9.10. The minimum Gasteiger partial charge on any atom is -0.399 e. The molecule has 0 fully saturated rings. The van der Waals surface area contributed by atoms with Crippen molar-refractivity contribution in [1.82, 2.24) is 5.32 Å². The zero-order valence-corrected chi connectivity index (χ0v) is 12.1. The number of nitrogens with two attached hydrogens (primary N) is 1. The highest BCUT2D eigenvalue weighted by Crippen LogP contribution is 2.22. The maximum atomic E-state index is 5.88. The molecule has 0 saturated carbocycles. The van der Waals surface area contributed by atoms with Crippen molar-refractivity contribution in [2.75, 3.05) is 5.73 Å². The average molecular weight is 311 g/mol. The Labute approximate surface area is 114 Å². The van der Waals surface area contributed by atoms with E-state index in [-0.39, 0.29) is 0 Å². The number of anilines is 1. The molecule has 2 rings (SSSR count). The fourth-order valence-corrected chi connectivity index (χ4v) is 3.03. The second-order valence-corrected chi connectivity index (χ2v) is 5.84. The molecule has 1 aromatic heterocycles. The molecule has 2 nitrogen and oxygen atoms in total. The molecule has 3 N–H and O–H groups in total. The van der Waals surface area contributed by atoms with Gasteiger partial charge in [0.25, 0.3) is 0 Å². The minimum atomic E-state index is 0.842. The molecule has 0 radical (unpaired) electrons. The molecule has 0 atom stereocenters. The number of aryl methyl sites for hydroxylation is 1. The number of nitrogen functional groups attached to an aromatic ring is 1. The molecule has 1 aromatic carbocycles. The van der Waals surface area contributed by atoms with Crippen LogP contribution in [0.25, 0.3) is 0 Å². The summed E-state index contributed by atoms with van der Waals surface area (Å²) in [4.78, 5) is 1.32. The van der Waals surface area contributed by atoms with Gasteiger partial charge in [0.15, 0.2) is 0 Å². The van der Waals surface area contributed by atoms with E-state index >= 15 is 0 Å². The summed E-state index contributed by atoms with van der Waals surface area (Å²) in [6, 6.07) is 8.28. The molecule has 0 saturated heterocycles. The molecule has 0 aliphatic heterocycles. The molecule has 0 aliphatic rings. The molecule has 0 unspecified atom stereocenters. The molecule has 4 heteroatoms. The van der Waals surface area contributed by atoms with Gasteiger partial charge in [-0.25, -0.2) is 0 Å². The van der Waals surface area contributed by atoms with Crippen LogP contribution in [0.1, 0.15) is 16.0 Å². The molecular formula is C13H15BrN2S. The van der Waals surface area contributed by atoms with Gasteiger partial charge in [0.05, 0.1) is 0 Å². The number of thiophene rings is 1. The van der Waals surface area contributed by atoms with Crippen LogP contribution in [-0.2, 0) is 13.1 Å². The summed E-state index contributed by atoms with van der Waals surface area (Å²) in [5.74, 6) is 0. The molecule has 2 aromatic rings. The number of hydrogen-bond donors (Lipinski definition) is 2. The Balaban J connectivity index is 1.90. The van der Waals surface area contributed by atoms with Crippen molar-refractivity contribution in [3.8, 4) is 0 Å². The molecule has 90 valence electrons. The average Bonchev–Trinajstić information content (AvgIpc) is 2.70. The molecule has 0 bridgehead atoms. The molecule has 0 aliphatic carbocycles. The van der Waals surface area contributed by atoms with Gasteiger partial charge < -0.3 is 11.1 Å². The molecular weight excluding hydrogens is 296 g/mol. The lowest BCUT2D eigenvalue weighted by Crippen LogP contribution is -2.12. The summed E-state index contributed by atoms with van der Waals surface area (Å²) in [5.41, 5.74) is 9.10. The maximum absolute atomic E-state index is 5.88. The third-order valence-corrected chi connectivity index (χ3v) is 4.58. The lowest BCUT2D eigenvalue weighted by Gasteiger charge is -2.06. The number of rotatable bonds is 4. The standard InChI is InChI=1S/C13H15BrN2S/c1-9-2-3-10(6-12(9)15)7-16-8-13-11(14)4-5-17-13/h2-6,16H,7-8,15H2,1H3. The van der Waals surface area contributed by atoms with Gasteiger partial charge >= 0.3 is 0 Å². The fourth-order valence-electron chi connectivity index (χ4n) is 1.57. The van der Waals surface area contributed by atoms with Crippen molar-refractivity contribution in [3.05, 3.63) is 50.1 Å². The van der Waals surface area contributed by atoms with E-state index in [0.717, 1.165) is 24.3 Å². The lowest BCUT2D eigenvalue weighted by atomic mass is 10.1. The Bertz CT molecular complexity index is 508. The smallest absolute Gasteiger partial charge is 0.0346 e. The highest BCUT2D eigenvalue weighted by Gasteiger charge is 2.01. The van der Waals surface area contributed by atoms with Crippen LogP contribution >= 0.6 is 27.3 Å². The van der Waals surface area contributed by atoms with Gasteiger partial charge in [0.2, 0.25) is 0 Å². The number of halogens is 1. The van der Waals surface area contributed by atoms with Crippen molar-refractivity contribution < 1.29 is 0 Å². The minimum absolute atomic E-state index is 0.842. The van der Waals surface area contributed by atoms with Gasteiger partial charge in [-0.3, -0.25) is 0 Å². The monoisotopic (exact) mass is 310 g/mol. The van der Waals surface area contributed by atoms with Crippen LogP contribution in [-0.4, -0.2) is 0 Å². The Morgan fingerprint density at radius 3 is 2.76 bits per heavy atom. The topological polar surface area (TPSA) is 38.0 Å². The summed E-state index contributed by atoms with van der Waals surface area (Å²) in [6.45, 7) is 3.75. The van der Waals surface area contributed by atoms with Crippen molar-refractivity contribution in [2.45, 2.75) is 20.0 Å². The predicted molar refractivity (Wildman–Crippen MR) is 78.2 cm³/mol. The van der Waals surface area contributed by atoms with Gasteiger partial charge in [-0.1, -0.05) is 12.1 Å².